The molecule has 0 unspecified atom stereocenters. The highest BCUT2D eigenvalue weighted by Crippen LogP contribution is 2.26. The molecule has 0 atom stereocenters. The van der Waals surface area contributed by atoms with Crippen LogP contribution in [-0.2, 0) is 0 Å². The third kappa shape index (κ3) is 1.27. The number of aromatic nitrogens is 2. The van der Waals surface area contributed by atoms with E-state index in [0.29, 0.717) is 11.1 Å². The normalized spacial score (nSPS) is 16.9. The molecule has 78 valence electrons. The van der Waals surface area contributed by atoms with Crippen molar-refractivity contribution < 1.29 is 0 Å². The van der Waals surface area contributed by atoms with Gasteiger partial charge in [-0.3, -0.25) is 4.40 Å². The van der Waals surface area contributed by atoms with Crippen molar-refractivity contribution in [3.8, 4) is 0 Å². The Hall–Kier alpha value is -1.06. The Labute approximate surface area is 93.1 Å². The highest BCUT2D eigenvalue weighted by atomic mass is 35.5. The first-order valence-electron chi connectivity index (χ1n) is 5.11. The second-order valence-corrected chi connectivity index (χ2v) is 4.36. The van der Waals surface area contributed by atoms with Crippen LogP contribution in [0.2, 0.25) is 5.15 Å². The van der Waals surface area contributed by atoms with Crippen LogP contribution in [0.25, 0.3) is 5.52 Å². The van der Waals surface area contributed by atoms with E-state index in [2.05, 4.69) is 27.7 Å². The van der Waals surface area contributed by atoms with Crippen LogP contribution in [0.1, 0.15) is 17.4 Å². The van der Waals surface area contributed by atoms with Gasteiger partial charge < -0.3 is 5.32 Å². The average molecular weight is 222 g/mol. The molecule has 1 aliphatic heterocycles. The van der Waals surface area contributed by atoms with E-state index < -0.39 is 0 Å². The fourth-order valence-corrected chi connectivity index (χ4v) is 2.27. The number of nitrogens with one attached hydrogen (secondary N) is 1. The van der Waals surface area contributed by atoms with Crippen LogP contribution in [-0.4, -0.2) is 22.5 Å². The van der Waals surface area contributed by atoms with Gasteiger partial charge in [-0.25, -0.2) is 4.98 Å². The Kier molecular flexibility index (Phi) is 1.97. The minimum Gasteiger partial charge on any atom is -0.315 e. The first kappa shape index (κ1) is 9.19. The van der Waals surface area contributed by atoms with Gasteiger partial charge in [0.25, 0.3) is 0 Å². The molecule has 0 amide bonds. The minimum atomic E-state index is 0.506. The Morgan fingerprint density at radius 1 is 1.47 bits per heavy atom. The maximum Gasteiger partial charge on any atom is 0.155 e. The Morgan fingerprint density at radius 2 is 2.27 bits per heavy atom. The van der Waals surface area contributed by atoms with E-state index in [-0.39, 0.29) is 0 Å². The lowest BCUT2D eigenvalue weighted by Crippen LogP contribution is -2.41. The molecule has 3 rings (SSSR count). The number of hydrogen-bond acceptors (Lipinski definition) is 2. The smallest absolute Gasteiger partial charge is 0.155 e. The van der Waals surface area contributed by atoms with Gasteiger partial charge in [-0.1, -0.05) is 17.7 Å². The van der Waals surface area contributed by atoms with Crippen LogP contribution in [0, 0.1) is 6.92 Å². The standard InChI is InChI=1S/C11H12ClN3/c1-7-3-2-4-9-10(12)14-11(15(7)9)8-5-13-6-8/h2-4,8,13H,5-6H2,1H3. The topological polar surface area (TPSA) is 29.3 Å². The molecule has 0 bridgehead atoms. The lowest BCUT2D eigenvalue weighted by Gasteiger charge is -2.26. The van der Waals surface area contributed by atoms with Gasteiger partial charge in [0, 0.05) is 24.7 Å². The molecule has 1 fully saturated rings. The van der Waals surface area contributed by atoms with Crippen LogP contribution < -0.4 is 5.32 Å². The van der Waals surface area contributed by atoms with Gasteiger partial charge in [0.2, 0.25) is 0 Å². The molecule has 1 N–H and O–H groups in total. The highest BCUT2D eigenvalue weighted by molar-refractivity contribution is 6.32. The van der Waals surface area contributed by atoms with Crippen molar-refractivity contribution >= 4 is 17.1 Å². The monoisotopic (exact) mass is 221 g/mol. The zero-order valence-electron chi connectivity index (χ0n) is 8.50. The Balaban J connectivity index is 2.29. The van der Waals surface area contributed by atoms with Crippen LogP contribution in [0.15, 0.2) is 18.2 Å². The maximum atomic E-state index is 6.12. The summed E-state index contributed by atoms with van der Waals surface area (Å²) in [6, 6.07) is 6.11. The van der Waals surface area contributed by atoms with Crippen molar-refractivity contribution in [1.29, 1.82) is 0 Å². The predicted octanol–water partition coefficient (Wildman–Crippen LogP) is 1.98. The van der Waals surface area contributed by atoms with E-state index in [4.69, 9.17) is 11.6 Å². The van der Waals surface area contributed by atoms with E-state index in [1.165, 1.54) is 5.69 Å². The molecule has 3 heterocycles. The molecule has 0 aliphatic carbocycles. The zero-order valence-corrected chi connectivity index (χ0v) is 9.25. The van der Waals surface area contributed by atoms with Gasteiger partial charge in [-0.05, 0) is 19.1 Å². The molecular weight excluding hydrogens is 210 g/mol. The molecule has 0 aromatic carbocycles. The molecule has 0 saturated carbocycles. The molecule has 1 saturated heterocycles. The van der Waals surface area contributed by atoms with E-state index in [0.717, 1.165) is 24.4 Å². The molecule has 3 nitrogen and oxygen atoms in total. The molecule has 2 aromatic heterocycles. The lowest BCUT2D eigenvalue weighted by molar-refractivity contribution is 0.428. The van der Waals surface area contributed by atoms with E-state index >= 15 is 0 Å². The first-order chi connectivity index (χ1) is 7.27. The summed E-state index contributed by atoms with van der Waals surface area (Å²) in [4.78, 5) is 4.46. The fourth-order valence-electron chi connectivity index (χ4n) is 2.04. The van der Waals surface area contributed by atoms with Crippen molar-refractivity contribution in [2.75, 3.05) is 13.1 Å². The van der Waals surface area contributed by atoms with Gasteiger partial charge in [-0.2, -0.15) is 0 Å². The molecule has 15 heavy (non-hydrogen) atoms. The van der Waals surface area contributed by atoms with E-state index in [1.54, 1.807) is 0 Å². The Morgan fingerprint density at radius 3 is 2.93 bits per heavy atom. The third-order valence-corrected chi connectivity index (χ3v) is 3.26. The lowest BCUT2D eigenvalue weighted by atomic mass is 10.0. The van der Waals surface area contributed by atoms with Gasteiger partial charge in [0.1, 0.15) is 5.82 Å². The van der Waals surface area contributed by atoms with Gasteiger partial charge in [0.05, 0.1) is 5.52 Å². The van der Waals surface area contributed by atoms with Crippen molar-refractivity contribution in [1.82, 2.24) is 14.7 Å². The van der Waals surface area contributed by atoms with Gasteiger partial charge in [-0.15, -0.1) is 0 Å². The van der Waals surface area contributed by atoms with Gasteiger partial charge in [0.15, 0.2) is 5.15 Å². The van der Waals surface area contributed by atoms with Crippen molar-refractivity contribution in [2.45, 2.75) is 12.8 Å². The molecule has 1 aliphatic rings. The zero-order chi connectivity index (χ0) is 10.4. The summed E-state index contributed by atoms with van der Waals surface area (Å²) in [7, 11) is 0. The quantitative estimate of drug-likeness (QED) is 0.798. The first-order valence-corrected chi connectivity index (χ1v) is 5.49. The average Bonchev–Trinajstić information content (AvgIpc) is 2.43. The third-order valence-electron chi connectivity index (χ3n) is 2.98. The summed E-state index contributed by atoms with van der Waals surface area (Å²) >= 11 is 6.12. The van der Waals surface area contributed by atoms with E-state index in [9.17, 15) is 0 Å². The summed E-state index contributed by atoms with van der Waals surface area (Å²) in [6.45, 7) is 4.09. The number of rotatable bonds is 1. The second kappa shape index (κ2) is 3.22. The number of fused-ring (bicyclic) bond motifs is 1. The number of halogens is 1. The largest absolute Gasteiger partial charge is 0.315 e. The van der Waals surface area contributed by atoms with Crippen molar-refractivity contribution in [3.63, 3.8) is 0 Å². The number of pyridine rings is 1. The molecule has 0 spiro atoms. The Bertz CT molecular complexity index is 514. The van der Waals surface area contributed by atoms with Crippen LogP contribution >= 0.6 is 11.6 Å². The number of hydrogen-bond donors (Lipinski definition) is 1. The number of aryl methyl sites for hydroxylation is 1. The van der Waals surface area contributed by atoms with Crippen LogP contribution in [0.4, 0.5) is 0 Å². The van der Waals surface area contributed by atoms with Crippen LogP contribution in [0.5, 0.6) is 0 Å². The minimum absolute atomic E-state index is 0.506. The second-order valence-electron chi connectivity index (χ2n) is 4.00. The van der Waals surface area contributed by atoms with Crippen molar-refractivity contribution in [3.05, 3.63) is 34.9 Å². The fraction of sp³-hybridized carbons (Fsp3) is 0.364. The van der Waals surface area contributed by atoms with E-state index in [1.807, 2.05) is 12.1 Å². The maximum absolute atomic E-state index is 6.12. The summed E-state index contributed by atoms with van der Waals surface area (Å²) in [6.07, 6.45) is 0. The summed E-state index contributed by atoms with van der Waals surface area (Å²) in [5.41, 5.74) is 2.20. The highest BCUT2D eigenvalue weighted by Gasteiger charge is 2.25. The number of nitrogens with zero attached hydrogens (tertiary/aromatic N) is 2. The number of imidazole rings is 1. The van der Waals surface area contributed by atoms with Crippen molar-refractivity contribution in [2.24, 2.45) is 0 Å². The molecular formula is C11H12ClN3. The summed E-state index contributed by atoms with van der Waals surface area (Å²) in [5.74, 6) is 1.60. The van der Waals surface area contributed by atoms with Gasteiger partial charge >= 0.3 is 0 Å². The molecule has 4 heteroatoms. The predicted molar refractivity (Wildman–Crippen MR) is 60.5 cm³/mol. The molecule has 2 aromatic rings. The SMILES string of the molecule is Cc1cccc2c(Cl)nc(C3CNC3)n12. The summed E-state index contributed by atoms with van der Waals surface area (Å²) in [5, 5.41) is 3.87. The molecule has 0 radical (unpaired) electrons. The summed E-state index contributed by atoms with van der Waals surface area (Å²) < 4.78 is 2.16. The van der Waals surface area contributed by atoms with Crippen LogP contribution in [0.3, 0.4) is 0 Å².